The van der Waals surface area contributed by atoms with E-state index in [-0.39, 0.29) is 12.5 Å². The van der Waals surface area contributed by atoms with E-state index in [2.05, 4.69) is 5.32 Å². The number of nitrogen functional groups attached to an aromatic ring is 1. The molecule has 2 aromatic rings. The highest BCUT2D eigenvalue weighted by molar-refractivity contribution is 7.86. The summed E-state index contributed by atoms with van der Waals surface area (Å²) in [6, 6.07) is 10.3. The number of amides is 1. The highest BCUT2D eigenvalue weighted by Gasteiger charge is 2.21. The third-order valence-electron chi connectivity index (χ3n) is 2.80. The van der Waals surface area contributed by atoms with Crippen LogP contribution in [0.1, 0.15) is 12.7 Å². The van der Waals surface area contributed by atoms with Crippen LogP contribution in [0, 0.1) is 0 Å². The van der Waals surface area contributed by atoms with Crippen molar-refractivity contribution < 1.29 is 13.4 Å². The van der Waals surface area contributed by atoms with Gasteiger partial charge in [0.15, 0.2) is 0 Å². The standard InChI is InChI=1S/C14H16N2O3S/c1-10(14(17)16-9-12-5-3-7-19-12)20(18)13-6-2-4-11(15)8-13/h2-8,10H,9,15H2,1H3,(H,16,17). The second kappa shape index (κ2) is 6.38. The van der Waals surface area contributed by atoms with Crippen molar-refractivity contribution >= 4 is 22.4 Å². The lowest BCUT2D eigenvalue weighted by Gasteiger charge is -2.11. The van der Waals surface area contributed by atoms with E-state index in [9.17, 15) is 9.00 Å². The number of carbonyl (C=O) groups is 1. The van der Waals surface area contributed by atoms with Crippen LogP contribution in [0.3, 0.4) is 0 Å². The van der Waals surface area contributed by atoms with Gasteiger partial charge in [0.05, 0.1) is 23.6 Å². The van der Waals surface area contributed by atoms with Gasteiger partial charge in [-0.25, -0.2) is 0 Å². The molecule has 3 N–H and O–H groups in total. The SMILES string of the molecule is CC(C(=O)NCc1ccco1)S(=O)c1cccc(N)c1. The monoisotopic (exact) mass is 292 g/mol. The zero-order chi connectivity index (χ0) is 14.5. The summed E-state index contributed by atoms with van der Waals surface area (Å²) < 4.78 is 17.4. The number of rotatable bonds is 5. The number of furan rings is 1. The lowest BCUT2D eigenvalue weighted by atomic mass is 10.3. The van der Waals surface area contributed by atoms with Crippen LogP contribution in [-0.2, 0) is 22.1 Å². The highest BCUT2D eigenvalue weighted by atomic mass is 32.2. The molecule has 2 rings (SSSR count). The number of hydrogen-bond acceptors (Lipinski definition) is 4. The fourth-order valence-corrected chi connectivity index (χ4v) is 2.82. The lowest BCUT2D eigenvalue weighted by Crippen LogP contribution is -2.35. The van der Waals surface area contributed by atoms with E-state index in [0.29, 0.717) is 16.3 Å². The molecule has 20 heavy (non-hydrogen) atoms. The van der Waals surface area contributed by atoms with Crippen molar-refractivity contribution in [3.8, 4) is 0 Å². The van der Waals surface area contributed by atoms with Gasteiger partial charge in [-0.1, -0.05) is 6.07 Å². The summed E-state index contributed by atoms with van der Waals surface area (Å²) in [4.78, 5) is 12.5. The van der Waals surface area contributed by atoms with E-state index >= 15 is 0 Å². The third-order valence-corrected chi connectivity index (χ3v) is 4.37. The molecule has 1 aromatic carbocycles. The van der Waals surface area contributed by atoms with Crippen LogP contribution in [0.15, 0.2) is 52.0 Å². The maximum absolute atomic E-state index is 12.3. The zero-order valence-corrected chi connectivity index (χ0v) is 11.9. The molecule has 6 heteroatoms. The molecule has 0 aliphatic heterocycles. The smallest absolute Gasteiger partial charge is 0.236 e. The van der Waals surface area contributed by atoms with E-state index < -0.39 is 16.0 Å². The number of benzene rings is 1. The average molecular weight is 292 g/mol. The van der Waals surface area contributed by atoms with Crippen LogP contribution < -0.4 is 11.1 Å². The van der Waals surface area contributed by atoms with Crippen molar-refractivity contribution in [2.75, 3.05) is 5.73 Å². The summed E-state index contributed by atoms with van der Waals surface area (Å²) in [7, 11) is -1.44. The third kappa shape index (κ3) is 3.48. The normalized spacial score (nSPS) is 13.7. The van der Waals surface area contributed by atoms with Crippen molar-refractivity contribution in [2.45, 2.75) is 23.6 Å². The second-order valence-corrected chi connectivity index (χ2v) is 6.08. The Morgan fingerprint density at radius 2 is 2.20 bits per heavy atom. The summed E-state index contributed by atoms with van der Waals surface area (Å²) in [5.74, 6) is 0.363. The van der Waals surface area contributed by atoms with Gasteiger partial charge < -0.3 is 15.5 Å². The maximum atomic E-state index is 12.3. The van der Waals surface area contributed by atoms with Gasteiger partial charge >= 0.3 is 0 Å². The molecule has 0 spiro atoms. The first-order chi connectivity index (χ1) is 9.58. The highest BCUT2D eigenvalue weighted by Crippen LogP contribution is 2.14. The molecule has 2 unspecified atom stereocenters. The van der Waals surface area contributed by atoms with Crippen LogP contribution >= 0.6 is 0 Å². The first kappa shape index (κ1) is 14.3. The molecule has 106 valence electrons. The molecule has 0 saturated carbocycles. The lowest BCUT2D eigenvalue weighted by molar-refractivity contribution is -0.120. The van der Waals surface area contributed by atoms with Crippen LogP contribution in [0.25, 0.3) is 0 Å². The first-order valence-electron chi connectivity index (χ1n) is 6.14. The molecule has 0 aliphatic carbocycles. The van der Waals surface area contributed by atoms with Gasteiger partial charge in [0.25, 0.3) is 0 Å². The van der Waals surface area contributed by atoms with Gasteiger partial charge in [0.1, 0.15) is 11.0 Å². The van der Waals surface area contributed by atoms with Crippen LogP contribution in [0.5, 0.6) is 0 Å². The van der Waals surface area contributed by atoms with E-state index in [1.165, 1.54) is 6.26 Å². The predicted molar refractivity (Wildman–Crippen MR) is 77.3 cm³/mol. The van der Waals surface area contributed by atoms with Crippen molar-refractivity contribution in [3.05, 3.63) is 48.4 Å². The zero-order valence-electron chi connectivity index (χ0n) is 11.0. The largest absolute Gasteiger partial charge is 0.467 e. The average Bonchev–Trinajstić information content (AvgIpc) is 2.96. The Morgan fingerprint density at radius 1 is 1.40 bits per heavy atom. The Labute approximate surface area is 119 Å². The Balaban J connectivity index is 1.97. The van der Waals surface area contributed by atoms with Crippen molar-refractivity contribution in [2.24, 2.45) is 0 Å². The second-order valence-electron chi connectivity index (χ2n) is 4.31. The van der Waals surface area contributed by atoms with Crippen LogP contribution in [0.2, 0.25) is 0 Å². The first-order valence-corrected chi connectivity index (χ1v) is 7.35. The van der Waals surface area contributed by atoms with E-state index in [0.717, 1.165) is 0 Å². The maximum Gasteiger partial charge on any atom is 0.236 e. The predicted octanol–water partition coefficient (Wildman–Crippen LogP) is 1.67. The minimum absolute atomic E-state index is 0.282. The van der Waals surface area contributed by atoms with Gasteiger partial charge in [-0.05, 0) is 37.3 Å². The number of nitrogens with one attached hydrogen (secondary N) is 1. The van der Waals surface area contributed by atoms with Gasteiger partial charge in [-0.15, -0.1) is 0 Å². The summed E-state index contributed by atoms with van der Waals surface area (Å²) in [6.07, 6.45) is 1.54. The molecule has 0 aliphatic rings. The molecule has 5 nitrogen and oxygen atoms in total. The molecule has 0 saturated heterocycles. The van der Waals surface area contributed by atoms with Crippen LogP contribution in [-0.4, -0.2) is 15.4 Å². The van der Waals surface area contributed by atoms with Gasteiger partial charge in [-0.3, -0.25) is 9.00 Å². The molecule has 0 fully saturated rings. The Bertz CT molecular complexity index is 611. The van der Waals surface area contributed by atoms with E-state index in [1.54, 1.807) is 43.3 Å². The number of hydrogen-bond donors (Lipinski definition) is 2. The number of carbonyl (C=O) groups excluding carboxylic acids is 1. The molecular formula is C14H16N2O3S. The fraction of sp³-hybridized carbons (Fsp3) is 0.214. The molecule has 1 amide bonds. The Morgan fingerprint density at radius 3 is 2.85 bits per heavy atom. The molecule has 0 bridgehead atoms. The molecular weight excluding hydrogens is 276 g/mol. The summed E-state index contributed by atoms with van der Waals surface area (Å²) in [5.41, 5.74) is 6.17. The number of anilines is 1. The fourth-order valence-electron chi connectivity index (χ4n) is 1.67. The molecule has 1 aromatic heterocycles. The van der Waals surface area contributed by atoms with Crippen molar-refractivity contribution in [1.29, 1.82) is 0 Å². The molecule has 2 atom stereocenters. The van der Waals surface area contributed by atoms with Crippen molar-refractivity contribution in [3.63, 3.8) is 0 Å². The van der Waals surface area contributed by atoms with Crippen molar-refractivity contribution in [1.82, 2.24) is 5.32 Å². The Hall–Kier alpha value is -2.08. The van der Waals surface area contributed by atoms with Crippen LogP contribution in [0.4, 0.5) is 5.69 Å². The van der Waals surface area contributed by atoms with Gasteiger partial charge in [-0.2, -0.15) is 0 Å². The van der Waals surface area contributed by atoms with E-state index in [4.69, 9.17) is 10.2 Å². The number of nitrogens with two attached hydrogens (primary N) is 1. The van der Waals surface area contributed by atoms with Gasteiger partial charge in [0, 0.05) is 10.6 Å². The summed E-state index contributed by atoms with van der Waals surface area (Å²) >= 11 is 0. The quantitative estimate of drug-likeness (QED) is 0.821. The summed E-state index contributed by atoms with van der Waals surface area (Å²) in [6.45, 7) is 1.90. The topological polar surface area (TPSA) is 85.3 Å². The van der Waals surface area contributed by atoms with Gasteiger partial charge in [0.2, 0.25) is 5.91 Å². The molecule has 0 radical (unpaired) electrons. The minimum Gasteiger partial charge on any atom is -0.467 e. The summed E-state index contributed by atoms with van der Waals surface area (Å²) in [5, 5.41) is 2.03. The Kier molecular flexibility index (Phi) is 4.57. The molecule has 1 heterocycles. The minimum atomic E-state index is -1.44. The van der Waals surface area contributed by atoms with E-state index in [1.807, 2.05) is 0 Å².